The Morgan fingerprint density at radius 2 is 2.07 bits per heavy atom. The molecule has 0 aliphatic carbocycles. The molecular formula is C10H7F3N2. The predicted octanol–water partition coefficient (Wildman–Crippen LogP) is 2.94. The summed E-state index contributed by atoms with van der Waals surface area (Å²) in [4.78, 5) is 3.59. The van der Waals surface area contributed by atoms with E-state index in [-0.39, 0.29) is 11.3 Å². The third-order valence-electron chi connectivity index (χ3n) is 1.75. The molecule has 1 aromatic heterocycles. The van der Waals surface area contributed by atoms with Crippen molar-refractivity contribution in [2.75, 3.05) is 0 Å². The Labute approximate surface area is 84.7 Å². The van der Waals surface area contributed by atoms with Crippen LogP contribution in [0.3, 0.4) is 0 Å². The molecule has 15 heavy (non-hydrogen) atoms. The highest BCUT2D eigenvalue weighted by Crippen LogP contribution is 2.34. The maximum atomic E-state index is 12.6. The second-order valence-electron chi connectivity index (χ2n) is 2.82. The van der Waals surface area contributed by atoms with E-state index >= 15 is 0 Å². The number of nitriles is 1. The van der Waals surface area contributed by atoms with E-state index in [2.05, 4.69) is 4.98 Å². The third-order valence-corrected chi connectivity index (χ3v) is 1.75. The smallest absolute Gasteiger partial charge is 0.256 e. The number of aromatic nitrogens is 1. The zero-order chi connectivity index (χ0) is 11.5. The van der Waals surface area contributed by atoms with E-state index in [9.17, 15) is 13.2 Å². The Balaban J connectivity index is 3.35. The summed E-state index contributed by atoms with van der Waals surface area (Å²) >= 11 is 0. The first kappa shape index (κ1) is 11.2. The average Bonchev–Trinajstić information content (AvgIpc) is 2.17. The zero-order valence-corrected chi connectivity index (χ0v) is 7.84. The van der Waals surface area contributed by atoms with Gasteiger partial charge in [-0.3, -0.25) is 4.98 Å². The molecule has 2 nitrogen and oxygen atoms in total. The molecule has 0 saturated carbocycles. The Hall–Kier alpha value is -1.83. The molecule has 0 bridgehead atoms. The number of nitrogens with zero attached hydrogens (tertiary/aromatic N) is 2. The molecule has 0 aliphatic rings. The van der Waals surface area contributed by atoms with Crippen molar-refractivity contribution in [1.29, 1.82) is 5.26 Å². The Morgan fingerprint density at radius 1 is 1.40 bits per heavy atom. The molecule has 78 valence electrons. The van der Waals surface area contributed by atoms with Crippen molar-refractivity contribution in [3.63, 3.8) is 0 Å². The number of halogens is 3. The van der Waals surface area contributed by atoms with Crippen LogP contribution in [0.1, 0.15) is 12.6 Å². The van der Waals surface area contributed by atoms with Crippen molar-refractivity contribution in [2.24, 2.45) is 0 Å². The van der Waals surface area contributed by atoms with Crippen LogP contribution in [-0.4, -0.2) is 11.2 Å². The maximum absolute atomic E-state index is 12.6. The van der Waals surface area contributed by atoms with E-state index in [1.165, 1.54) is 30.5 Å². The minimum Gasteiger partial charge on any atom is -0.256 e. The summed E-state index contributed by atoms with van der Waals surface area (Å²) in [7, 11) is 0. The van der Waals surface area contributed by atoms with E-state index < -0.39 is 11.7 Å². The highest BCUT2D eigenvalue weighted by Gasteiger charge is 2.37. The SMILES string of the molecule is C/C(C#N)=C(/c1ccccn1)C(F)(F)F. The average molecular weight is 212 g/mol. The molecule has 1 rings (SSSR count). The minimum absolute atomic E-state index is 0.232. The fourth-order valence-electron chi connectivity index (χ4n) is 1.12. The van der Waals surface area contributed by atoms with Crippen molar-refractivity contribution in [1.82, 2.24) is 4.98 Å². The lowest BCUT2D eigenvalue weighted by Gasteiger charge is -2.11. The van der Waals surface area contributed by atoms with Gasteiger partial charge in [-0.2, -0.15) is 18.4 Å². The Kier molecular flexibility index (Phi) is 3.10. The van der Waals surface area contributed by atoms with Gasteiger partial charge < -0.3 is 0 Å². The van der Waals surface area contributed by atoms with Crippen LogP contribution in [0.5, 0.6) is 0 Å². The van der Waals surface area contributed by atoms with Gasteiger partial charge in [-0.25, -0.2) is 0 Å². The molecule has 1 aromatic rings. The van der Waals surface area contributed by atoms with Gasteiger partial charge in [0.05, 0.1) is 17.3 Å². The van der Waals surface area contributed by atoms with Gasteiger partial charge in [-0.05, 0) is 19.1 Å². The van der Waals surface area contributed by atoms with Crippen LogP contribution in [0.2, 0.25) is 0 Å². The summed E-state index contributed by atoms with van der Waals surface area (Å²) in [5.74, 6) is 0. The highest BCUT2D eigenvalue weighted by molar-refractivity contribution is 5.72. The number of allylic oxidation sites excluding steroid dienone is 2. The molecule has 0 spiro atoms. The fraction of sp³-hybridized carbons (Fsp3) is 0.200. The number of hydrogen-bond acceptors (Lipinski definition) is 2. The summed E-state index contributed by atoms with van der Waals surface area (Å²) in [6.45, 7) is 1.12. The van der Waals surface area contributed by atoms with Gasteiger partial charge in [-0.1, -0.05) is 6.07 Å². The van der Waals surface area contributed by atoms with Crippen molar-refractivity contribution in [3.05, 3.63) is 35.7 Å². The second-order valence-corrected chi connectivity index (χ2v) is 2.82. The lowest BCUT2D eigenvalue weighted by Crippen LogP contribution is -2.13. The maximum Gasteiger partial charge on any atom is 0.419 e. The van der Waals surface area contributed by atoms with E-state index in [1.807, 2.05) is 0 Å². The monoisotopic (exact) mass is 212 g/mol. The number of alkyl halides is 3. The molecule has 0 radical (unpaired) electrons. The molecule has 0 aromatic carbocycles. The summed E-state index contributed by atoms with van der Waals surface area (Å²) in [6, 6.07) is 5.67. The highest BCUT2D eigenvalue weighted by atomic mass is 19.4. The zero-order valence-electron chi connectivity index (χ0n) is 7.84. The molecule has 0 amide bonds. The summed E-state index contributed by atoms with van der Waals surface area (Å²) in [6.07, 6.45) is -3.31. The quantitative estimate of drug-likeness (QED) is 0.671. The predicted molar refractivity (Wildman–Crippen MR) is 48.5 cm³/mol. The Morgan fingerprint density at radius 3 is 2.47 bits per heavy atom. The first-order valence-electron chi connectivity index (χ1n) is 4.06. The molecule has 5 heteroatoms. The van der Waals surface area contributed by atoms with Gasteiger partial charge in [0, 0.05) is 11.8 Å². The number of hydrogen-bond donors (Lipinski definition) is 0. The van der Waals surface area contributed by atoms with Crippen LogP contribution in [-0.2, 0) is 0 Å². The van der Waals surface area contributed by atoms with Gasteiger partial charge in [0.25, 0.3) is 0 Å². The number of pyridine rings is 1. The molecular weight excluding hydrogens is 205 g/mol. The van der Waals surface area contributed by atoms with Gasteiger partial charge in [0.2, 0.25) is 0 Å². The standard InChI is InChI=1S/C10H7F3N2/c1-7(6-14)9(10(11,12)13)8-4-2-3-5-15-8/h2-5H,1H3/b9-7+. The van der Waals surface area contributed by atoms with E-state index in [0.717, 1.165) is 6.92 Å². The molecule has 0 saturated heterocycles. The fourth-order valence-corrected chi connectivity index (χ4v) is 1.12. The molecule has 0 aliphatic heterocycles. The van der Waals surface area contributed by atoms with E-state index in [0.29, 0.717) is 0 Å². The van der Waals surface area contributed by atoms with Crippen molar-refractivity contribution < 1.29 is 13.2 Å². The lowest BCUT2D eigenvalue weighted by atomic mass is 10.1. The van der Waals surface area contributed by atoms with Crippen LogP contribution in [0.25, 0.3) is 5.57 Å². The van der Waals surface area contributed by atoms with E-state index in [1.54, 1.807) is 0 Å². The van der Waals surface area contributed by atoms with Crippen molar-refractivity contribution in [2.45, 2.75) is 13.1 Å². The van der Waals surface area contributed by atoms with Crippen LogP contribution < -0.4 is 0 Å². The second kappa shape index (κ2) is 4.13. The molecule has 0 fully saturated rings. The topological polar surface area (TPSA) is 36.7 Å². The van der Waals surface area contributed by atoms with Gasteiger partial charge in [0.15, 0.2) is 0 Å². The summed E-state index contributed by atoms with van der Waals surface area (Å²) < 4.78 is 37.8. The molecule has 0 N–H and O–H groups in total. The van der Waals surface area contributed by atoms with Gasteiger partial charge >= 0.3 is 6.18 Å². The molecule has 0 atom stereocenters. The first-order chi connectivity index (χ1) is 6.96. The van der Waals surface area contributed by atoms with Crippen molar-refractivity contribution in [3.8, 4) is 6.07 Å². The van der Waals surface area contributed by atoms with Crippen LogP contribution >= 0.6 is 0 Å². The molecule has 1 heterocycles. The van der Waals surface area contributed by atoms with Gasteiger partial charge in [-0.15, -0.1) is 0 Å². The van der Waals surface area contributed by atoms with Crippen molar-refractivity contribution >= 4 is 5.57 Å². The van der Waals surface area contributed by atoms with E-state index in [4.69, 9.17) is 5.26 Å². The normalized spacial score (nSPS) is 13.0. The van der Waals surface area contributed by atoms with Crippen LogP contribution in [0.15, 0.2) is 30.0 Å². The molecule has 0 unspecified atom stereocenters. The Bertz CT molecular complexity index is 413. The third kappa shape index (κ3) is 2.56. The lowest BCUT2D eigenvalue weighted by molar-refractivity contribution is -0.0695. The summed E-state index contributed by atoms with van der Waals surface area (Å²) in [5, 5.41) is 8.49. The summed E-state index contributed by atoms with van der Waals surface area (Å²) in [5.41, 5.74) is -1.60. The van der Waals surface area contributed by atoms with Crippen LogP contribution in [0.4, 0.5) is 13.2 Å². The van der Waals surface area contributed by atoms with Crippen LogP contribution in [0, 0.1) is 11.3 Å². The first-order valence-corrected chi connectivity index (χ1v) is 4.06. The largest absolute Gasteiger partial charge is 0.419 e. The number of rotatable bonds is 1. The van der Waals surface area contributed by atoms with Gasteiger partial charge in [0.1, 0.15) is 0 Å². The minimum atomic E-state index is -4.56.